The molecule has 14 heavy (non-hydrogen) atoms. The molecule has 1 fully saturated rings. The van der Waals surface area contributed by atoms with Crippen molar-refractivity contribution < 1.29 is 4.74 Å². The van der Waals surface area contributed by atoms with Gasteiger partial charge in [0, 0.05) is 12.2 Å². The minimum absolute atomic E-state index is 0.407. The fourth-order valence-corrected chi connectivity index (χ4v) is 1.51. The van der Waals surface area contributed by atoms with Gasteiger partial charge in [0.05, 0.1) is 6.10 Å². The van der Waals surface area contributed by atoms with E-state index in [0.29, 0.717) is 12.6 Å². The van der Waals surface area contributed by atoms with Gasteiger partial charge in [0.25, 0.3) is 0 Å². The molecule has 0 heterocycles. The normalized spacial score (nSPS) is 16.4. The highest BCUT2D eigenvalue weighted by Crippen LogP contribution is 2.27. The largest absolute Gasteiger partial charge is 0.490 e. The summed E-state index contributed by atoms with van der Waals surface area (Å²) in [7, 11) is 0. The van der Waals surface area contributed by atoms with Crippen LogP contribution in [0.15, 0.2) is 18.2 Å². The lowest BCUT2D eigenvalue weighted by molar-refractivity contribution is 0.120. The minimum atomic E-state index is 0.407. The molecule has 1 saturated carbocycles. The number of anilines is 1. The third-order valence-corrected chi connectivity index (χ3v) is 2.69. The molecule has 1 aliphatic carbocycles. The minimum Gasteiger partial charge on any atom is -0.490 e. The van der Waals surface area contributed by atoms with Gasteiger partial charge in [-0.3, -0.25) is 0 Å². The molecule has 1 aromatic rings. The van der Waals surface area contributed by atoms with Crippen LogP contribution in [0.3, 0.4) is 0 Å². The summed E-state index contributed by atoms with van der Waals surface area (Å²) < 4.78 is 5.74. The van der Waals surface area contributed by atoms with Crippen molar-refractivity contribution in [3.8, 4) is 5.75 Å². The molecule has 0 radical (unpaired) electrons. The van der Waals surface area contributed by atoms with E-state index in [0.717, 1.165) is 17.0 Å². The second kappa shape index (κ2) is 3.88. The van der Waals surface area contributed by atoms with Gasteiger partial charge in [-0.15, -0.1) is 0 Å². The second-order valence-corrected chi connectivity index (χ2v) is 3.74. The van der Waals surface area contributed by atoms with Gasteiger partial charge in [-0.2, -0.15) is 0 Å². The van der Waals surface area contributed by atoms with Crippen LogP contribution >= 0.6 is 0 Å². The molecule has 3 heteroatoms. The van der Waals surface area contributed by atoms with Crippen molar-refractivity contribution in [2.45, 2.75) is 31.9 Å². The molecular weight excluding hydrogens is 176 g/mol. The molecule has 0 bridgehead atoms. The van der Waals surface area contributed by atoms with Gasteiger partial charge >= 0.3 is 0 Å². The molecule has 76 valence electrons. The Morgan fingerprint density at radius 1 is 1.36 bits per heavy atom. The Morgan fingerprint density at radius 3 is 2.71 bits per heavy atom. The summed E-state index contributed by atoms with van der Waals surface area (Å²) in [6.45, 7) is 0.466. The van der Waals surface area contributed by atoms with E-state index in [1.165, 1.54) is 19.3 Å². The van der Waals surface area contributed by atoms with Crippen molar-refractivity contribution in [1.29, 1.82) is 0 Å². The van der Waals surface area contributed by atoms with Crippen LogP contribution < -0.4 is 16.2 Å². The van der Waals surface area contributed by atoms with Crippen molar-refractivity contribution >= 4 is 5.69 Å². The maximum atomic E-state index is 5.74. The average molecular weight is 192 g/mol. The van der Waals surface area contributed by atoms with E-state index < -0.39 is 0 Å². The molecule has 2 rings (SSSR count). The van der Waals surface area contributed by atoms with E-state index in [1.807, 2.05) is 18.2 Å². The van der Waals surface area contributed by atoms with Gasteiger partial charge in [-0.05, 0) is 43.0 Å². The molecule has 0 atom stereocenters. The van der Waals surface area contributed by atoms with Crippen LogP contribution in [0, 0.1) is 0 Å². The molecule has 1 aliphatic rings. The van der Waals surface area contributed by atoms with Crippen LogP contribution in [0.1, 0.15) is 24.8 Å². The third kappa shape index (κ3) is 1.82. The SMILES string of the molecule is NCc1cc(OC2CCC2)ccc1N. The van der Waals surface area contributed by atoms with Gasteiger partial charge in [-0.25, -0.2) is 0 Å². The van der Waals surface area contributed by atoms with Crippen molar-refractivity contribution in [3.05, 3.63) is 23.8 Å². The van der Waals surface area contributed by atoms with E-state index in [-0.39, 0.29) is 0 Å². The zero-order valence-electron chi connectivity index (χ0n) is 8.20. The van der Waals surface area contributed by atoms with E-state index in [9.17, 15) is 0 Å². The smallest absolute Gasteiger partial charge is 0.120 e. The predicted molar refractivity (Wildman–Crippen MR) is 57.0 cm³/mol. The van der Waals surface area contributed by atoms with Crippen LogP contribution in [0.5, 0.6) is 5.75 Å². The van der Waals surface area contributed by atoms with Crippen molar-refractivity contribution in [2.75, 3.05) is 5.73 Å². The number of nitrogen functional groups attached to an aromatic ring is 1. The fourth-order valence-electron chi connectivity index (χ4n) is 1.51. The van der Waals surface area contributed by atoms with E-state index in [2.05, 4.69) is 0 Å². The summed E-state index contributed by atoms with van der Waals surface area (Å²) in [5, 5.41) is 0. The van der Waals surface area contributed by atoms with Gasteiger partial charge < -0.3 is 16.2 Å². The molecule has 0 aromatic heterocycles. The summed E-state index contributed by atoms with van der Waals surface area (Å²) >= 11 is 0. The number of hydrogen-bond acceptors (Lipinski definition) is 3. The lowest BCUT2D eigenvalue weighted by atomic mass is 9.96. The van der Waals surface area contributed by atoms with Gasteiger partial charge in [0.1, 0.15) is 5.75 Å². The highest BCUT2D eigenvalue weighted by Gasteiger charge is 2.19. The monoisotopic (exact) mass is 192 g/mol. The Bertz CT molecular complexity index is 321. The lowest BCUT2D eigenvalue weighted by Gasteiger charge is -2.26. The number of benzene rings is 1. The molecule has 0 unspecified atom stereocenters. The Morgan fingerprint density at radius 2 is 2.14 bits per heavy atom. The van der Waals surface area contributed by atoms with E-state index >= 15 is 0 Å². The molecule has 4 N–H and O–H groups in total. The molecule has 0 aliphatic heterocycles. The van der Waals surface area contributed by atoms with Crippen LogP contribution in [-0.4, -0.2) is 6.10 Å². The first-order valence-corrected chi connectivity index (χ1v) is 5.04. The summed E-state index contributed by atoms with van der Waals surface area (Å²) in [6.07, 6.45) is 4.03. The van der Waals surface area contributed by atoms with Crippen LogP contribution in [0.25, 0.3) is 0 Å². The van der Waals surface area contributed by atoms with Crippen molar-refractivity contribution in [1.82, 2.24) is 0 Å². The predicted octanol–water partition coefficient (Wildman–Crippen LogP) is 1.66. The molecule has 0 saturated heterocycles. The summed E-state index contributed by atoms with van der Waals surface area (Å²) in [5.74, 6) is 0.893. The first kappa shape index (κ1) is 9.34. The van der Waals surface area contributed by atoms with Crippen LogP contribution in [-0.2, 0) is 6.54 Å². The molecule has 3 nitrogen and oxygen atoms in total. The molecular formula is C11H16N2O. The van der Waals surface area contributed by atoms with E-state index in [4.69, 9.17) is 16.2 Å². The van der Waals surface area contributed by atoms with Gasteiger partial charge in [0.15, 0.2) is 0 Å². The Balaban J connectivity index is 2.09. The standard InChI is InChI=1S/C11H16N2O/c12-7-8-6-10(4-5-11(8)13)14-9-2-1-3-9/h4-6,9H,1-3,7,12-13H2. The van der Waals surface area contributed by atoms with Gasteiger partial charge in [0.2, 0.25) is 0 Å². The topological polar surface area (TPSA) is 61.3 Å². The number of rotatable bonds is 3. The van der Waals surface area contributed by atoms with E-state index in [1.54, 1.807) is 0 Å². The Hall–Kier alpha value is -1.22. The first-order valence-electron chi connectivity index (χ1n) is 5.04. The average Bonchev–Trinajstić information content (AvgIpc) is 2.14. The highest BCUT2D eigenvalue weighted by atomic mass is 16.5. The second-order valence-electron chi connectivity index (χ2n) is 3.74. The van der Waals surface area contributed by atoms with Gasteiger partial charge in [-0.1, -0.05) is 0 Å². The maximum absolute atomic E-state index is 5.74. The van der Waals surface area contributed by atoms with Crippen LogP contribution in [0.2, 0.25) is 0 Å². The van der Waals surface area contributed by atoms with Crippen molar-refractivity contribution in [3.63, 3.8) is 0 Å². The first-order chi connectivity index (χ1) is 6.79. The molecule has 0 spiro atoms. The fraction of sp³-hybridized carbons (Fsp3) is 0.455. The van der Waals surface area contributed by atoms with Crippen LogP contribution in [0.4, 0.5) is 5.69 Å². The quantitative estimate of drug-likeness (QED) is 0.716. The zero-order valence-corrected chi connectivity index (χ0v) is 8.20. The third-order valence-electron chi connectivity index (χ3n) is 2.69. The Kier molecular flexibility index (Phi) is 2.59. The lowest BCUT2D eigenvalue weighted by Crippen LogP contribution is -2.24. The zero-order chi connectivity index (χ0) is 9.97. The number of hydrogen-bond donors (Lipinski definition) is 2. The summed E-state index contributed by atoms with van der Waals surface area (Å²) in [5.41, 5.74) is 13.0. The highest BCUT2D eigenvalue weighted by molar-refractivity contribution is 5.50. The van der Waals surface area contributed by atoms with Crippen molar-refractivity contribution in [2.24, 2.45) is 5.73 Å². The maximum Gasteiger partial charge on any atom is 0.120 e. The number of nitrogens with two attached hydrogens (primary N) is 2. The molecule has 1 aromatic carbocycles. The Labute approximate surface area is 84.0 Å². The number of ether oxygens (including phenoxy) is 1. The summed E-state index contributed by atoms with van der Waals surface area (Å²) in [6, 6.07) is 5.71. The molecule has 0 amide bonds. The summed E-state index contributed by atoms with van der Waals surface area (Å²) in [4.78, 5) is 0.